The lowest BCUT2D eigenvalue weighted by molar-refractivity contribution is -0.384. The van der Waals surface area contributed by atoms with Crippen molar-refractivity contribution in [1.82, 2.24) is 0 Å². The Hall–Kier alpha value is -1.37. The lowest BCUT2D eigenvalue weighted by Gasteiger charge is -2.36. The molecule has 1 saturated carbocycles. The molecule has 21 heavy (non-hydrogen) atoms. The second-order valence-corrected chi connectivity index (χ2v) is 5.86. The minimum Gasteiger partial charge on any atom is -0.382 e. The van der Waals surface area contributed by atoms with Crippen molar-refractivity contribution in [2.45, 2.75) is 37.5 Å². The van der Waals surface area contributed by atoms with Gasteiger partial charge in [-0.3, -0.25) is 10.1 Å². The topological polar surface area (TPSA) is 73.6 Å². The average molecular weight is 313 g/mol. The number of hydrogen-bond donors (Lipinski definition) is 1. The summed E-state index contributed by atoms with van der Waals surface area (Å²) in [5.74, 6) is -0.370. The molecule has 2 fully saturated rings. The maximum Gasteiger partial charge on any atom is 0.288 e. The van der Waals surface area contributed by atoms with Gasteiger partial charge in [-0.1, -0.05) is 11.6 Å². The highest BCUT2D eigenvalue weighted by Gasteiger charge is 2.40. The zero-order valence-electron chi connectivity index (χ0n) is 11.5. The molecule has 1 aromatic carbocycles. The first-order valence-electron chi connectivity index (χ1n) is 7.06. The first-order chi connectivity index (χ1) is 10.1. The molecule has 1 saturated heterocycles. The monoisotopic (exact) mass is 312 g/mol. The van der Waals surface area contributed by atoms with E-state index < -0.39 is 4.92 Å². The van der Waals surface area contributed by atoms with Crippen molar-refractivity contribution in [2.75, 3.05) is 18.5 Å². The molecule has 1 N–H and O–H groups in total. The fraction of sp³-hybridized carbons (Fsp3) is 0.571. The normalized spacial score (nSPS) is 21.6. The predicted octanol–water partition coefficient (Wildman–Crippen LogP) is 3.35. The molecule has 2 aliphatic rings. The van der Waals surface area contributed by atoms with Gasteiger partial charge in [0.25, 0.3) is 5.69 Å². The summed E-state index contributed by atoms with van der Waals surface area (Å²) in [6.45, 7) is 1.35. The fourth-order valence-corrected chi connectivity index (χ4v) is 3.22. The summed E-state index contributed by atoms with van der Waals surface area (Å²) in [5.41, 5.74) is 0.734. The van der Waals surface area contributed by atoms with E-state index in [9.17, 15) is 10.1 Å². The summed E-state index contributed by atoms with van der Waals surface area (Å²) in [5, 5.41) is 14.3. The number of halogens is 1. The van der Waals surface area contributed by atoms with E-state index in [-0.39, 0.29) is 16.5 Å². The number of hydrogen-bond acceptors (Lipinski definition) is 5. The fourth-order valence-electron chi connectivity index (χ4n) is 2.97. The molecule has 1 aromatic rings. The maximum absolute atomic E-state index is 10.7. The van der Waals surface area contributed by atoms with Crippen molar-refractivity contribution < 1.29 is 14.4 Å². The van der Waals surface area contributed by atoms with Gasteiger partial charge in [-0.2, -0.15) is 0 Å². The van der Waals surface area contributed by atoms with Crippen molar-refractivity contribution in [3.8, 4) is 0 Å². The third-order valence-electron chi connectivity index (χ3n) is 4.08. The average Bonchev–Trinajstić information content (AvgIpc) is 2.90. The SMILES string of the molecule is O=[N+]([O-])c1ccc(NC2CCC3(CC2)OCCO3)cc1Cl. The molecule has 1 aliphatic carbocycles. The summed E-state index contributed by atoms with van der Waals surface area (Å²) in [4.78, 5) is 10.3. The number of benzene rings is 1. The number of rotatable bonds is 3. The number of nitro benzene ring substituents is 1. The molecule has 7 heteroatoms. The Labute approximate surface area is 127 Å². The summed E-state index contributed by atoms with van der Waals surface area (Å²) in [7, 11) is 0. The van der Waals surface area contributed by atoms with Crippen LogP contribution in [0.25, 0.3) is 0 Å². The van der Waals surface area contributed by atoms with E-state index in [1.54, 1.807) is 12.1 Å². The van der Waals surface area contributed by atoms with Crippen LogP contribution in [0.3, 0.4) is 0 Å². The highest BCUT2D eigenvalue weighted by atomic mass is 35.5. The van der Waals surface area contributed by atoms with E-state index in [1.165, 1.54) is 6.07 Å². The van der Waals surface area contributed by atoms with Gasteiger partial charge in [-0.15, -0.1) is 0 Å². The Balaban J connectivity index is 1.60. The smallest absolute Gasteiger partial charge is 0.288 e. The van der Waals surface area contributed by atoms with Crippen molar-refractivity contribution in [2.24, 2.45) is 0 Å². The van der Waals surface area contributed by atoms with Crippen molar-refractivity contribution in [3.05, 3.63) is 33.3 Å². The van der Waals surface area contributed by atoms with Crippen LogP contribution in [-0.4, -0.2) is 30.0 Å². The third-order valence-corrected chi connectivity index (χ3v) is 4.38. The molecule has 0 bridgehead atoms. The van der Waals surface area contributed by atoms with Crippen molar-refractivity contribution in [1.29, 1.82) is 0 Å². The molecule has 0 atom stereocenters. The van der Waals surface area contributed by atoms with Gasteiger partial charge in [0.05, 0.1) is 18.1 Å². The van der Waals surface area contributed by atoms with E-state index in [1.807, 2.05) is 0 Å². The van der Waals surface area contributed by atoms with E-state index in [2.05, 4.69) is 5.32 Å². The molecule has 0 aromatic heterocycles. The minimum absolute atomic E-state index is 0.0717. The highest BCUT2D eigenvalue weighted by molar-refractivity contribution is 6.32. The summed E-state index contributed by atoms with van der Waals surface area (Å²) in [6.07, 6.45) is 3.61. The van der Waals surface area contributed by atoms with Crippen LogP contribution in [0.2, 0.25) is 5.02 Å². The molecule has 1 aliphatic heterocycles. The molecular weight excluding hydrogens is 296 g/mol. The number of nitro groups is 1. The standard InChI is InChI=1S/C14H17ClN2O4/c15-12-9-11(1-2-13(12)17(18)19)16-10-3-5-14(6-4-10)20-7-8-21-14/h1-2,9-10,16H,3-8H2. The summed E-state index contributed by atoms with van der Waals surface area (Å²) < 4.78 is 11.4. The van der Waals surface area contributed by atoms with Gasteiger partial charge < -0.3 is 14.8 Å². The van der Waals surface area contributed by atoms with Crippen molar-refractivity contribution in [3.63, 3.8) is 0 Å². The first-order valence-corrected chi connectivity index (χ1v) is 7.44. The van der Waals surface area contributed by atoms with E-state index in [0.717, 1.165) is 31.4 Å². The Morgan fingerprint density at radius 2 is 1.95 bits per heavy atom. The molecule has 6 nitrogen and oxygen atoms in total. The Morgan fingerprint density at radius 3 is 2.52 bits per heavy atom. The van der Waals surface area contributed by atoms with E-state index >= 15 is 0 Å². The van der Waals surface area contributed by atoms with Crippen molar-refractivity contribution >= 4 is 23.0 Å². The highest BCUT2D eigenvalue weighted by Crippen LogP contribution is 2.37. The molecule has 1 spiro atoms. The second kappa shape index (κ2) is 5.79. The zero-order valence-corrected chi connectivity index (χ0v) is 12.3. The van der Waals surface area contributed by atoms with Crippen LogP contribution in [0.15, 0.2) is 18.2 Å². The van der Waals surface area contributed by atoms with Gasteiger partial charge in [0.1, 0.15) is 5.02 Å². The van der Waals surface area contributed by atoms with Crippen LogP contribution in [-0.2, 0) is 9.47 Å². The zero-order chi connectivity index (χ0) is 14.9. The Morgan fingerprint density at radius 1 is 1.29 bits per heavy atom. The molecule has 114 valence electrons. The van der Waals surface area contributed by atoms with E-state index in [0.29, 0.717) is 19.3 Å². The third kappa shape index (κ3) is 3.12. The largest absolute Gasteiger partial charge is 0.382 e. The van der Waals surface area contributed by atoms with Crippen LogP contribution < -0.4 is 5.32 Å². The lowest BCUT2D eigenvalue weighted by Crippen LogP contribution is -2.39. The molecule has 1 heterocycles. The van der Waals surface area contributed by atoms with Gasteiger partial charge in [0.2, 0.25) is 0 Å². The molecular formula is C14H17ClN2O4. The Bertz CT molecular complexity index is 536. The number of ether oxygens (including phenoxy) is 2. The lowest BCUT2D eigenvalue weighted by atomic mass is 9.90. The number of nitrogens with one attached hydrogen (secondary N) is 1. The van der Waals surface area contributed by atoms with Gasteiger partial charge in [0.15, 0.2) is 5.79 Å². The number of nitrogens with zero attached hydrogens (tertiary/aromatic N) is 1. The van der Waals surface area contributed by atoms with Gasteiger partial charge in [-0.05, 0) is 25.0 Å². The molecule has 3 rings (SSSR count). The molecule has 0 amide bonds. The maximum atomic E-state index is 10.7. The van der Waals surface area contributed by atoms with Gasteiger partial charge >= 0.3 is 0 Å². The van der Waals surface area contributed by atoms with Crippen LogP contribution in [0.4, 0.5) is 11.4 Å². The molecule has 0 unspecified atom stereocenters. The minimum atomic E-state index is -0.481. The van der Waals surface area contributed by atoms with Crippen LogP contribution in [0.5, 0.6) is 0 Å². The van der Waals surface area contributed by atoms with Crippen LogP contribution in [0, 0.1) is 10.1 Å². The quantitative estimate of drug-likeness (QED) is 0.684. The van der Waals surface area contributed by atoms with Crippen LogP contribution in [0.1, 0.15) is 25.7 Å². The summed E-state index contributed by atoms with van der Waals surface area (Å²) in [6, 6.07) is 5.03. The second-order valence-electron chi connectivity index (χ2n) is 5.45. The van der Waals surface area contributed by atoms with Crippen LogP contribution >= 0.6 is 11.6 Å². The summed E-state index contributed by atoms with van der Waals surface area (Å²) >= 11 is 5.92. The van der Waals surface area contributed by atoms with Gasteiger partial charge in [0, 0.05) is 30.6 Å². The Kier molecular flexibility index (Phi) is 4.01. The number of anilines is 1. The van der Waals surface area contributed by atoms with Gasteiger partial charge in [-0.25, -0.2) is 0 Å². The first kappa shape index (κ1) is 14.6. The molecule has 0 radical (unpaired) electrons. The predicted molar refractivity (Wildman–Crippen MR) is 78.6 cm³/mol. The van der Waals surface area contributed by atoms with E-state index in [4.69, 9.17) is 21.1 Å².